The van der Waals surface area contributed by atoms with Crippen LogP contribution < -0.4 is 0 Å². The highest BCUT2D eigenvalue weighted by atomic mass is 32.2. The fourth-order valence-electron chi connectivity index (χ4n) is 1.48. The SMILES string of the molecule is C=CS(=O)(=O)N(C)C1CCC(C)SC1. The molecule has 1 rings (SSSR count). The molecular formula is C9H17NO2S2. The average molecular weight is 235 g/mol. The number of rotatable bonds is 3. The van der Waals surface area contributed by atoms with E-state index in [2.05, 4.69) is 13.5 Å². The zero-order valence-corrected chi connectivity index (χ0v) is 10.3. The molecule has 3 nitrogen and oxygen atoms in total. The van der Waals surface area contributed by atoms with Crippen molar-refractivity contribution in [3.05, 3.63) is 12.0 Å². The van der Waals surface area contributed by atoms with Gasteiger partial charge < -0.3 is 0 Å². The maximum atomic E-state index is 11.5. The van der Waals surface area contributed by atoms with Crippen molar-refractivity contribution in [3.8, 4) is 0 Å². The predicted molar refractivity (Wildman–Crippen MR) is 61.8 cm³/mol. The average Bonchev–Trinajstić information content (AvgIpc) is 2.18. The van der Waals surface area contributed by atoms with E-state index in [9.17, 15) is 8.42 Å². The smallest absolute Gasteiger partial charge is 0.208 e. The number of nitrogens with zero attached hydrogens (tertiary/aromatic N) is 1. The normalized spacial score (nSPS) is 29.1. The molecule has 2 atom stereocenters. The molecule has 2 unspecified atom stereocenters. The summed E-state index contributed by atoms with van der Waals surface area (Å²) in [6, 6.07) is 0.138. The van der Waals surface area contributed by atoms with Crippen LogP contribution in [0, 0.1) is 0 Å². The first kappa shape index (κ1) is 12.1. The summed E-state index contributed by atoms with van der Waals surface area (Å²) in [4.78, 5) is 0. The van der Waals surface area contributed by atoms with Crippen molar-refractivity contribution in [3.63, 3.8) is 0 Å². The van der Waals surface area contributed by atoms with Gasteiger partial charge in [-0.1, -0.05) is 13.5 Å². The summed E-state index contributed by atoms with van der Waals surface area (Å²) >= 11 is 1.84. The van der Waals surface area contributed by atoms with Crippen molar-refractivity contribution in [2.75, 3.05) is 12.8 Å². The van der Waals surface area contributed by atoms with E-state index in [1.807, 2.05) is 11.8 Å². The fraction of sp³-hybridized carbons (Fsp3) is 0.778. The Morgan fingerprint density at radius 3 is 2.57 bits per heavy atom. The van der Waals surface area contributed by atoms with E-state index in [0.717, 1.165) is 24.0 Å². The van der Waals surface area contributed by atoms with E-state index in [1.165, 1.54) is 4.31 Å². The molecule has 0 aliphatic carbocycles. The molecule has 14 heavy (non-hydrogen) atoms. The summed E-state index contributed by atoms with van der Waals surface area (Å²) in [7, 11) is -1.59. The third-order valence-electron chi connectivity index (χ3n) is 2.61. The van der Waals surface area contributed by atoms with Crippen LogP contribution in [0.1, 0.15) is 19.8 Å². The molecule has 0 aromatic heterocycles. The van der Waals surface area contributed by atoms with Crippen LogP contribution in [0.25, 0.3) is 0 Å². The van der Waals surface area contributed by atoms with Crippen LogP contribution in [-0.4, -0.2) is 36.8 Å². The molecule has 1 fully saturated rings. The van der Waals surface area contributed by atoms with Crippen LogP contribution in [0.4, 0.5) is 0 Å². The highest BCUT2D eigenvalue weighted by Gasteiger charge is 2.27. The maximum Gasteiger partial charge on any atom is 0.235 e. The highest BCUT2D eigenvalue weighted by molar-refractivity contribution is 8.00. The van der Waals surface area contributed by atoms with Crippen molar-refractivity contribution in [2.24, 2.45) is 0 Å². The molecule has 0 amide bonds. The first-order chi connectivity index (χ1) is 6.47. The van der Waals surface area contributed by atoms with Crippen LogP contribution in [0.2, 0.25) is 0 Å². The molecule has 1 aliphatic rings. The lowest BCUT2D eigenvalue weighted by Gasteiger charge is -2.31. The second-order valence-corrected chi connectivity index (χ2v) is 7.01. The predicted octanol–water partition coefficient (Wildman–Crippen LogP) is 1.68. The second kappa shape index (κ2) is 4.68. The van der Waals surface area contributed by atoms with Gasteiger partial charge in [-0.15, -0.1) is 0 Å². The van der Waals surface area contributed by atoms with Crippen LogP contribution in [0.3, 0.4) is 0 Å². The van der Waals surface area contributed by atoms with Gasteiger partial charge in [-0.2, -0.15) is 16.1 Å². The Hall–Kier alpha value is -0.0000000000000000555. The quantitative estimate of drug-likeness (QED) is 0.747. The van der Waals surface area contributed by atoms with Crippen molar-refractivity contribution >= 4 is 21.8 Å². The fourth-order valence-corrected chi connectivity index (χ4v) is 3.65. The van der Waals surface area contributed by atoms with Gasteiger partial charge in [0, 0.05) is 29.5 Å². The molecule has 1 heterocycles. The van der Waals surface area contributed by atoms with Gasteiger partial charge in [-0.25, -0.2) is 8.42 Å². The van der Waals surface area contributed by atoms with E-state index in [0.29, 0.717) is 5.25 Å². The Bertz CT molecular complexity index is 292. The number of hydrogen-bond donors (Lipinski definition) is 0. The van der Waals surface area contributed by atoms with Gasteiger partial charge in [0.1, 0.15) is 0 Å². The zero-order valence-electron chi connectivity index (χ0n) is 8.64. The van der Waals surface area contributed by atoms with Gasteiger partial charge >= 0.3 is 0 Å². The maximum absolute atomic E-state index is 11.5. The van der Waals surface area contributed by atoms with Gasteiger partial charge in [-0.3, -0.25) is 0 Å². The first-order valence-electron chi connectivity index (χ1n) is 4.69. The Labute approximate surface area is 90.6 Å². The summed E-state index contributed by atoms with van der Waals surface area (Å²) in [5.74, 6) is 0.894. The van der Waals surface area contributed by atoms with E-state index >= 15 is 0 Å². The Morgan fingerprint density at radius 1 is 1.50 bits per heavy atom. The van der Waals surface area contributed by atoms with Crippen molar-refractivity contribution in [1.82, 2.24) is 4.31 Å². The summed E-state index contributed by atoms with van der Waals surface area (Å²) < 4.78 is 24.4. The minimum Gasteiger partial charge on any atom is -0.208 e. The summed E-state index contributed by atoms with van der Waals surface area (Å²) in [6.45, 7) is 5.51. The lowest BCUT2D eigenvalue weighted by Crippen LogP contribution is -2.40. The summed E-state index contributed by atoms with van der Waals surface area (Å²) in [5.41, 5.74) is 0. The third kappa shape index (κ3) is 2.74. The summed E-state index contributed by atoms with van der Waals surface area (Å²) in [5, 5.41) is 1.68. The Morgan fingerprint density at radius 2 is 2.14 bits per heavy atom. The van der Waals surface area contributed by atoms with Gasteiger partial charge in [0.05, 0.1) is 0 Å². The van der Waals surface area contributed by atoms with Gasteiger partial charge in [0.2, 0.25) is 10.0 Å². The largest absolute Gasteiger partial charge is 0.235 e. The molecule has 0 radical (unpaired) electrons. The van der Waals surface area contributed by atoms with Crippen molar-refractivity contribution in [2.45, 2.75) is 31.1 Å². The molecule has 5 heteroatoms. The minimum absolute atomic E-state index is 0.138. The van der Waals surface area contributed by atoms with Crippen molar-refractivity contribution in [1.29, 1.82) is 0 Å². The van der Waals surface area contributed by atoms with E-state index < -0.39 is 10.0 Å². The lowest BCUT2D eigenvalue weighted by atomic mass is 10.1. The van der Waals surface area contributed by atoms with Crippen molar-refractivity contribution < 1.29 is 8.42 Å². The number of sulfonamides is 1. The monoisotopic (exact) mass is 235 g/mol. The molecule has 0 saturated carbocycles. The number of hydrogen-bond acceptors (Lipinski definition) is 3. The molecule has 0 bridgehead atoms. The zero-order chi connectivity index (χ0) is 10.8. The lowest BCUT2D eigenvalue weighted by molar-refractivity contribution is 0.367. The Balaban J connectivity index is 2.62. The van der Waals surface area contributed by atoms with E-state index in [1.54, 1.807) is 7.05 Å². The van der Waals surface area contributed by atoms with Crippen LogP contribution in [0.5, 0.6) is 0 Å². The van der Waals surface area contributed by atoms with Gasteiger partial charge in [0.15, 0.2) is 0 Å². The van der Waals surface area contributed by atoms with Crippen LogP contribution in [0.15, 0.2) is 12.0 Å². The second-order valence-electron chi connectivity index (χ2n) is 3.60. The molecule has 1 aliphatic heterocycles. The van der Waals surface area contributed by atoms with Crippen LogP contribution in [-0.2, 0) is 10.0 Å². The molecule has 0 aromatic carbocycles. The highest BCUT2D eigenvalue weighted by Crippen LogP contribution is 2.28. The standard InChI is InChI=1S/C9H17NO2S2/c1-4-14(11,12)10(3)9-6-5-8(2)13-7-9/h4,8-9H,1,5-7H2,2-3H3. The minimum atomic E-state index is -3.23. The summed E-state index contributed by atoms with van der Waals surface area (Å²) in [6.07, 6.45) is 2.05. The van der Waals surface area contributed by atoms with E-state index in [4.69, 9.17) is 0 Å². The molecule has 0 N–H and O–H groups in total. The first-order valence-corrected chi connectivity index (χ1v) is 7.24. The molecule has 1 saturated heterocycles. The van der Waals surface area contributed by atoms with E-state index in [-0.39, 0.29) is 6.04 Å². The number of thioether (sulfide) groups is 1. The molecule has 82 valence electrons. The van der Waals surface area contributed by atoms with Gasteiger partial charge in [0.25, 0.3) is 0 Å². The van der Waals surface area contributed by atoms with Gasteiger partial charge in [-0.05, 0) is 12.8 Å². The molecule has 0 aromatic rings. The molecular weight excluding hydrogens is 218 g/mol. The topological polar surface area (TPSA) is 37.4 Å². The Kier molecular flexibility index (Phi) is 4.04. The molecule has 0 spiro atoms. The third-order valence-corrected chi connectivity index (χ3v) is 5.51. The van der Waals surface area contributed by atoms with Crippen LogP contribution >= 0.6 is 11.8 Å².